The van der Waals surface area contributed by atoms with Crippen LogP contribution in [0.5, 0.6) is 0 Å². The molecule has 6 heteroatoms. The van der Waals surface area contributed by atoms with Crippen LogP contribution in [0, 0.1) is 20.8 Å². The number of aryl methyl sites for hydroxylation is 3. The highest BCUT2D eigenvalue weighted by atomic mass is 32.1. The van der Waals surface area contributed by atoms with Crippen LogP contribution in [-0.4, -0.2) is 32.2 Å². The van der Waals surface area contributed by atoms with E-state index < -0.39 is 0 Å². The Morgan fingerprint density at radius 1 is 1.22 bits per heavy atom. The standard InChI is InChI=1S/C17H20N4OS/c1-11-14(21-8-6-5-7-16(21)19-11)10-20(4)17(22)9-15-12(2)18-13(3)23-15/h5-8H,9-10H2,1-4H3. The number of thiazole rings is 1. The van der Waals surface area contributed by atoms with Crippen molar-refractivity contribution < 1.29 is 4.79 Å². The summed E-state index contributed by atoms with van der Waals surface area (Å²) in [6, 6.07) is 5.92. The number of hydrogen-bond donors (Lipinski definition) is 0. The number of pyridine rings is 1. The Morgan fingerprint density at radius 3 is 2.70 bits per heavy atom. The normalized spacial score (nSPS) is 11.1. The van der Waals surface area contributed by atoms with Crippen molar-refractivity contribution >= 4 is 22.9 Å². The van der Waals surface area contributed by atoms with Gasteiger partial charge < -0.3 is 9.30 Å². The number of fused-ring (bicyclic) bond motifs is 1. The first-order valence-corrected chi connectivity index (χ1v) is 8.37. The second-order valence-corrected chi connectivity index (χ2v) is 7.03. The Morgan fingerprint density at radius 2 is 2.00 bits per heavy atom. The van der Waals surface area contributed by atoms with Crippen LogP contribution in [-0.2, 0) is 17.8 Å². The van der Waals surface area contributed by atoms with Crippen LogP contribution in [0.2, 0.25) is 0 Å². The maximum Gasteiger partial charge on any atom is 0.227 e. The first-order valence-electron chi connectivity index (χ1n) is 7.55. The summed E-state index contributed by atoms with van der Waals surface area (Å²) in [7, 11) is 1.84. The van der Waals surface area contributed by atoms with Crippen molar-refractivity contribution in [2.45, 2.75) is 33.7 Å². The molecule has 3 aromatic rings. The Labute approximate surface area is 139 Å². The SMILES string of the molecule is Cc1nc(C)c(CC(=O)N(C)Cc2c(C)nc3ccccn23)s1. The van der Waals surface area contributed by atoms with Gasteiger partial charge in [-0.25, -0.2) is 9.97 Å². The predicted octanol–water partition coefficient (Wildman–Crippen LogP) is 2.92. The minimum atomic E-state index is 0.0991. The molecule has 0 fully saturated rings. The lowest BCUT2D eigenvalue weighted by atomic mass is 10.2. The van der Waals surface area contributed by atoms with Crippen molar-refractivity contribution in [3.63, 3.8) is 0 Å². The highest BCUT2D eigenvalue weighted by Gasteiger charge is 2.17. The number of nitrogens with zero attached hydrogens (tertiary/aromatic N) is 4. The number of rotatable bonds is 4. The zero-order chi connectivity index (χ0) is 16.6. The van der Waals surface area contributed by atoms with Gasteiger partial charge in [0.05, 0.1) is 35.1 Å². The van der Waals surface area contributed by atoms with E-state index in [2.05, 4.69) is 9.97 Å². The van der Waals surface area contributed by atoms with Gasteiger partial charge in [-0.1, -0.05) is 6.07 Å². The molecule has 0 spiro atoms. The second-order valence-electron chi connectivity index (χ2n) is 5.74. The van der Waals surface area contributed by atoms with E-state index in [9.17, 15) is 4.79 Å². The fourth-order valence-corrected chi connectivity index (χ4v) is 3.61. The Bertz CT molecular complexity index is 865. The molecule has 0 saturated heterocycles. The Hall–Kier alpha value is -2.21. The number of likely N-dealkylation sites (N-methyl/N-ethyl adjacent to an activating group) is 1. The molecule has 0 aliphatic carbocycles. The highest BCUT2D eigenvalue weighted by Crippen LogP contribution is 2.19. The van der Waals surface area contributed by atoms with Gasteiger partial charge in [0, 0.05) is 18.1 Å². The minimum absolute atomic E-state index is 0.0991. The van der Waals surface area contributed by atoms with E-state index in [-0.39, 0.29) is 5.91 Å². The van der Waals surface area contributed by atoms with E-state index in [0.29, 0.717) is 13.0 Å². The Balaban J connectivity index is 1.77. The lowest BCUT2D eigenvalue weighted by Gasteiger charge is -2.17. The molecule has 0 unspecified atom stereocenters. The largest absolute Gasteiger partial charge is 0.340 e. The fourth-order valence-electron chi connectivity index (χ4n) is 2.68. The zero-order valence-electron chi connectivity index (χ0n) is 13.8. The summed E-state index contributed by atoms with van der Waals surface area (Å²) >= 11 is 1.60. The molecule has 1 amide bonds. The predicted molar refractivity (Wildman–Crippen MR) is 91.7 cm³/mol. The number of hydrogen-bond acceptors (Lipinski definition) is 4. The van der Waals surface area contributed by atoms with Crippen molar-refractivity contribution in [3.05, 3.63) is 51.4 Å². The molecular formula is C17H20N4OS. The summed E-state index contributed by atoms with van der Waals surface area (Å²) in [4.78, 5) is 24.3. The van der Waals surface area contributed by atoms with Crippen LogP contribution in [0.25, 0.3) is 5.65 Å². The lowest BCUT2D eigenvalue weighted by molar-refractivity contribution is -0.129. The van der Waals surface area contributed by atoms with Gasteiger partial charge in [0.2, 0.25) is 5.91 Å². The molecule has 23 heavy (non-hydrogen) atoms. The molecule has 0 aliphatic heterocycles. The van der Waals surface area contributed by atoms with Crippen molar-refractivity contribution in [2.75, 3.05) is 7.05 Å². The molecule has 3 rings (SSSR count). The smallest absolute Gasteiger partial charge is 0.227 e. The molecule has 0 N–H and O–H groups in total. The maximum atomic E-state index is 12.5. The van der Waals surface area contributed by atoms with Crippen molar-refractivity contribution in [1.82, 2.24) is 19.3 Å². The highest BCUT2D eigenvalue weighted by molar-refractivity contribution is 7.11. The third kappa shape index (κ3) is 3.12. The number of carbonyl (C=O) groups is 1. The average Bonchev–Trinajstić information content (AvgIpc) is 2.98. The summed E-state index contributed by atoms with van der Waals surface area (Å²) in [6.07, 6.45) is 2.39. The summed E-state index contributed by atoms with van der Waals surface area (Å²) < 4.78 is 2.04. The van der Waals surface area contributed by atoms with E-state index in [1.807, 2.05) is 56.6 Å². The minimum Gasteiger partial charge on any atom is -0.340 e. The molecule has 0 atom stereocenters. The summed E-state index contributed by atoms with van der Waals surface area (Å²) in [6.45, 7) is 6.46. The molecule has 0 bridgehead atoms. The summed E-state index contributed by atoms with van der Waals surface area (Å²) in [5.74, 6) is 0.0991. The van der Waals surface area contributed by atoms with Crippen molar-refractivity contribution in [3.8, 4) is 0 Å². The molecule has 0 saturated carbocycles. The number of aromatic nitrogens is 3. The van der Waals surface area contributed by atoms with Crippen LogP contribution in [0.3, 0.4) is 0 Å². The third-order valence-electron chi connectivity index (χ3n) is 3.95. The molecule has 0 aromatic carbocycles. The molecule has 0 radical (unpaired) electrons. The zero-order valence-corrected chi connectivity index (χ0v) is 14.6. The molecule has 0 aliphatic rings. The van der Waals surface area contributed by atoms with E-state index in [1.165, 1.54) is 0 Å². The monoisotopic (exact) mass is 328 g/mol. The second kappa shape index (κ2) is 6.12. The molecular weight excluding hydrogens is 308 g/mol. The number of carbonyl (C=O) groups excluding carboxylic acids is 1. The summed E-state index contributed by atoms with van der Waals surface area (Å²) in [5.41, 5.74) is 3.88. The van der Waals surface area contributed by atoms with Gasteiger partial charge in [-0.15, -0.1) is 11.3 Å². The van der Waals surface area contributed by atoms with Gasteiger partial charge in [0.15, 0.2) is 0 Å². The fraction of sp³-hybridized carbons (Fsp3) is 0.353. The van der Waals surface area contributed by atoms with Crippen molar-refractivity contribution in [2.24, 2.45) is 0 Å². The van der Waals surface area contributed by atoms with Crippen LogP contribution < -0.4 is 0 Å². The maximum absolute atomic E-state index is 12.5. The topological polar surface area (TPSA) is 50.5 Å². The van der Waals surface area contributed by atoms with Crippen LogP contribution in [0.15, 0.2) is 24.4 Å². The first kappa shape index (κ1) is 15.7. The number of imidazole rings is 1. The molecule has 120 valence electrons. The van der Waals surface area contributed by atoms with Crippen molar-refractivity contribution in [1.29, 1.82) is 0 Å². The van der Waals surface area contributed by atoms with E-state index in [0.717, 1.165) is 32.6 Å². The quantitative estimate of drug-likeness (QED) is 0.740. The van der Waals surface area contributed by atoms with Gasteiger partial charge in [-0.2, -0.15) is 0 Å². The van der Waals surface area contributed by atoms with Crippen LogP contribution in [0.1, 0.15) is 27.0 Å². The molecule has 3 aromatic heterocycles. The average molecular weight is 328 g/mol. The molecule has 5 nitrogen and oxygen atoms in total. The van der Waals surface area contributed by atoms with Gasteiger partial charge >= 0.3 is 0 Å². The first-order chi connectivity index (χ1) is 11.0. The Kier molecular flexibility index (Phi) is 4.17. The lowest BCUT2D eigenvalue weighted by Crippen LogP contribution is -2.28. The van der Waals surface area contributed by atoms with E-state index >= 15 is 0 Å². The summed E-state index contributed by atoms with van der Waals surface area (Å²) in [5, 5.41) is 1.01. The number of amides is 1. The van der Waals surface area contributed by atoms with Crippen LogP contribution >= 0.6 is 11.3 Å². The van der Waals surface area contributed by atoms with Gasteiger partial charge in [0.25, 0.3) is 0 Å². The van der Waals surface area contributed by atoms with Gasteiger partial charge in [-0.05, 0) is 32.9 Å². The molecule has 3 heterocycles. The van der Waals surface area contributed by atoms with Gasteiger partial charge in [0.1, 0.15) is 5.65 Å². The van der Waals surface area contributed by atoms with E-state index in [1.54, 1.807) is 16.2 Å². The van der Waals surface area contributed by atoms with Crippen LogP contribution in [0.4, 0.5) is 0 Å². The third-order valence-corrected chi connectivity index (χ3v) is 5.03. The van der Waals surface area contributed by atoms with E-state index in [4.69, 9.17) is 0 Å². The van der Waals surface area contributed by atoms with Gasteiger partial charge in [-0.3, -0.25) is 4.79 Å².